The van der Waals surface area contributed by atoms with Crippen molar-refractivity contribution in [2.24, 2.45) is 5.92 Å². The number of nitrogens with one attached hydrogen (secondary N) is 1. The predicted octanol–water partition coefficient (Wildman–Crippen LogP) is 1.25. The van der Waals surface area contributed by atoms with Crippen molar-refractivity contribution in [1.29, 1.82) is 0 Å². The number of piperidine rings is 1. The zero-order valence-electron chi connectivity index (χ0n) is 7.56. The molecule has 0 aromatic rings. The Balaban J connectivity index is 0.000000561. The number of alkyl halides is 2. The Hall–Kier alpha value is -0.220. The molecule has 1 heterocycles. The van der Waals surface area contributed by atoms with Gasteiger partial charge in [0.25, 0.3) is 0 Å². The Morgan fingerprint density at radius 1 is 1.33 bits per heavy atom. The highest BCUT2D eigenvalue weighted by atomic mass is 19.3. The first kappa shape index (κ1) is 11.8. The largest absolute Gasteiger partial charge is 0.392 e. The van der Waals surface area contributed by atoms with E-state index in [4.69, 9.17) is 5.11 Å². The Labute approximate surface area is 72.0 Å². The summed E-state index contributed by atoms with van der Waals surface area (Å²) in [5.74, 6) is -0.663. The quantitative estimate of drug-likeness (QED) is 0.638. The molecule has 0 aromatic heterocycles. The van der Waals surface area contributed by atoms with E-state index in [0.29, 0.717) is 13.1 Å². The van der Waals surface area contributed by atoms with E-state index in [0.717, 1.165) is 0 Å². The molecule has 0 radical (unpaired) electrons. The number of aliphatic hydroxyl groups excluding tert-OH is 1. The molecular formula is C8H17F2NO. The fraction of sp³-hybridized carbons (Fsp3) is 1.00. The maximum Gasteiger partial charge on any atom is 0.242 e. The fourth-order valence-corrected chi connectivity index (χ4v) is 1.14. The summed E-state index contributed by atoms with van der Waals surface area (Å²) >= 11 is 0. The van der Waals surface area contributed by atoms with Crippen LogP contribution in [0.2, 0.25) is 0 Å². The van der Waals surface area contributed by atoms with Crippen molar-refractivity contribution >= 4 is 0 Å². The fourth-order valence-electron chi connectivity index (χ4n) is 1.14. The second-order valence-corrected chi connectivity index (χ2v) is 2.64. The molecule has 2 N–H and O–H groups in total. The third kappa shape index (κ3) is 3.97. The van der Waals surface area contributed by atoms with Crippen molar-refractivity contribution in [3.8, 4) is 0 Å². The van der Waals surface area contributed by atoms with Gasteiger partial charge in [0.2, 0.25) is 6.43 Å². The number of aliphatic hydroxyl groups is 1. The molecule has 0 spiro atoms. The van der Waals surface area contributed by atoms with Crippen LogP contribution in [-0.4, -0.2) is 30.7 Å². The number of β-amino-alcohol motifs (C(OH)–C–C–N with tert-alkyl or cyclic N) is 1. The Kier molecular flexibility index (Phi) is 6.20. The van der Waals surface area contributed by atoms with E-state index in [9.17, 15) is 8.78 Å². The molecule has 1 aliphatic rings. The van der Waals surface area contributed by atoms with Gasteiger partial charge in [0.15, 0.2) is 0 Å². The minimum Gasteiger partial charge on any atom is -0.392 e. The van der Waals surface area contributed by atoms with Crippen molar-refractivity contribution < 1.29 is 13.9 Å². The van der Waals surface area contributed by atoms with Crippen LogP contribution in [0, 0.1) is 5.92 Å². The van der Waals surface area contributed by atoms with Crippen LogP contribution in [0.3, 0.4) is 0 Å². The average Bonchev–Trinajstić information content (AvgIpc) is 2.08. The van der Waals surface area contributed by atoms with Crippen LogP contribution in [-0.2, 0) is 0 Å². The number of hydrogen-bond acceptors (Lipinski definition) is 2. The third-order valence-electron chi connectivity index (χ3n) is 1.72. The molecule has 74 valence electrons. The van der Waals surface area contributed by atoms with Crippen molar-refractivity contribution in [1.82, 2.24) is 5.32 Å². The molecule has 0 bridgehead atoms. The highest BCUT2D eigenvalue weighted by Crippen LogP contribution is 2.17. The molecule has 1 fully saturated rings. The molecule has 2 unspecified atom stereocenters. The molecular weight excluding hydrogens is 164 g/mol. The second-order valence-electron chi connectivity index (χ2n) is 2.64. The summed E-state index contributed by atoms with van der Waals surface area (Å²) in [6.07, 6.45) is -2.67. The molecule has 0 aliphatic carbocycles. The van der Waals surface area contributed by atoms with E-state index in [1.807, 2.05) is 13.8 Å². The van der Waals surface area contributed by atoms with Gasteiger partial charge >= 0.3 is 0 Å². The lowest BCUT2D eigenvalue weighted by Crippen LogP contribution is -2.41. The van der Waals surface area contributed by atoms with Crippen LogP contribution in [0.4, 0.5) is 8.78 Å². The van der Waals surface area contributed by atoms with Gasteiger partial charge in [-0.25, -0.2) is 8.78 Å². The van der Waals surface area contributed by atoms with Gasteiger partial charge in [0, 0.05) is 19.0 Å². The lowest BCUT2D eigenvalue weighted by atomic mass is 9.98. The summed E-state index contributed by atoms with van der Waals surface area (Å²) in [6.45, 7) is 4.78. The maximum atomic E-state index is 11.9. The van der Waals surface area contributed by atoms with Gasteiger partial charge in [-0.3, -0.25) is 0 Å². The van der Waals surface area contributed by atoms with Crippen molar-refractivity contribution in [3.05, 3.63) is 0 Å². The lowest BCUT2D eigenvalue weighted by Gasteiger charge is -2.25. The van der Waals surface area contributed by atoms with Crippen LogP contribution < -0.4 is 5.32 Å². The van der Waals surface area contributed by atoms with Crippen molar-refractivity contribution in [2.45, 2.75) is 32.8 Å². The Morgan fingerprint density at radius 2 is 1.92 bits per heavy atom. The summed E-state index contributed by atoms with van der Waals surface area (Å²) in [6, 6.07) is 0. The third-order valence-corrected chi connectivity index (χ3v) is 1.72. The standard InChI is InChI=1S/C6H11F2NO.C2H6/c7-6(8)4-1-5(10)3-9-2-4;1-2/h4-6,9-10H,1-3H2;1-2H3. The van der Waals surface area contributed by atoms with Gasteiger partial charge in [-0.2, -0.15) is 0 Å². The summed E-state index contributed by atoms with van der Waals surface area (Å²) < 4.78 is 23.9. The number of halogens is 2. The number of hydrogen-bond donors (Lipinski definition) is 2. The zero-order valence-corrected chi connectivity index (χ0v) is 7.56. The van der Waals surface area contributed by atoms with Gasteiger partial charge in [-0.05, 0) is 6.42 Å². The van der Waals surface area contributed by atoms with Gasteiger partial charge in [-0.15, -0.1) is 0 Å². The molecule has 4 heteroatoms. The van der Waals surface area contributed by atoms with Gasteiger partial charge in [0.1, 0.15) is 0 Å². The van der Waals surface area contributed by atoms with Crippen LogP contribution in [0.1, 0.15) is 20.3 Å². The first-order chi connectivity index (χ1) is 5.70. The molecule has 12 heavy (non-hydrogen) atoms. The van der Waals surface area contributed by atoms with E-state index in [-0.39, 0.29) is 6.42 Å². The minimum absolute atomic E-state index is 0.227. The molecule has 0 saturated carbocycles. The second kappa shape index (κ2) is 6.31. The first-order valence-corrected chi connectivity index (χ1v) is 4.37. The number of rotatable bonds is 1. The topological polar surface area (TPSA) is 32.3 Å². The van der Waals surface area contributed by atoms with Crippen LogP contribution in [0.5, 0.6) is 0 Å². The highest BCUT2D eigenvalue weighted by Gasteiger charge is 2.26. The zero-order chi connectivity index (χ0) is 9.56. The van der Waals surface area contributed by atoms with E-state index in [2.05, 4.69) is 5.32 Å². The smallest absolute Gasteiger partial charge is 0.242 e. The monoisotopic (exact) mass is 181 g/mol. The highest BCUT2D eigenvalue weighted by molar-refractivity contribution is 4.76. The molecule has 2 atom stereocenters. The molecule has 0 aromatic carbocycles. The average molecular weight is 181 g/mol. The Bertz CT molecular complexity index is 111. The Morgan fingerprint density at radius 3 is 2.25 bits per heavy atom. The molecule has 2 nitrogen and oxygen atoms in total. The normalized spacial score (nSPS) is 29.5. The SMILES string of the molecule is CC.OC1CNCC(C(F)F)C1. The van der Waals surface area contributed by atoms with E-state index >= 15 is 0 Å². The van der Waals surface area contributed by atoms with Crippen LogP contribution in [0.25, 0.3) is 0 Å². The lowest BCUT2D eigenvalue weighted by molar-refractivity contribution is 0.0203. The van der Waals surface area contributed by atoms with E-state index in [1.54, 1.807) is 0 Å². The maximum absolute atomic E-state index is 11.9. The van der Waals surface area contributed by atoms with Gasteiger partial charge in [-0.1, -0.05) is 13.8 Å². The van der Waals surface area contributed by atoms with Crippen molar-refractivity contribution in [3.63, 3.8) is 0 Å². The predicted molar refractivity (Wildman–Crippen MR) is 44.3 cm³/mol. The summed E-state index contributed by atoms with van der Waals surface area (Å²) in [7, 11) is 0. The minimum atomic E-state index is -2.30. The van der Waals surface area contributed by atoms with E-state index < -0.39 is 18.4 Å². The summed E-state index contributed by atoms with van der Waals surface area (Å²) in [4.78, 5) is 0. The summed E-state index contributed by atoms with van der Waals surface area (Å²) in [5.41, 5.74) is 0. The van der Waals surface area contributed by atoms with Gasteiger partial charge in [0.05, 0.1) is 6.10 Å². The van der Waals surface area contributed by atoms with Gasteiger partial charge < -0.3 is 10.4 Å². The summed E-state index contributed by atoms with van der Waals surface area (Å²) in [5, 5.41) is 11.7. The van der Waals surface area contributed by atoms with Crippen molar-refractivity contribution in [2.75, 3.05) is 13.1 Å². The molecule has 1 aliphatic heterocycles. The first-order valence-electron chi connectivity index (χ1n) is 4.37. The molecule has 1 rings (SSSR count). The van der Waals surface area contributed by atoms with E-state index in [1.165, 1.54) is 0 Å². The van der Waals surface area contributed by atoms with Crippen LogP contribution in [0.15, 0.2) is 0 Å². The molecule has 1 saturated heterocycles. The molecule has 0 amide bonds. The van der Waals surface area contributed by atoms with Crippen LogP contribution >= 0.6 is 0 Å².